The first kappa shape index (κ1) is 11.1. The molecule has 1 nitrogen and oxygen atoms in total. The number of rotatable bonds is 3. The minimum absolute atomic E-state index is 0.0607. The van der Waals surface area contributed by atoms with Crippen LogP contribution in [0, 0.1) is 12.7 Å². The van der Waals surface area contributed by atoms with Gasteiger partial charge in [-0.15, -0.1) is 0 Å². The van der Waals surface area contributed by atoms with Gasteiger partial charge in [-0.2, -0.15) is 0 Å². The smallest absolute Gasteiger partial charge is 0.123 e. The van der Waals surface area contributed by atoms with Gasteiger partial charge in [0, 0.05) is 17.2 Å². The Morgan fingerprint density at radius 2 is 1.95 bits per heavy atom. The lowest BCUT2D eigenvalue weighted by Crippen LogP contribution is -2.40. The van der Waals surface area contributed by atoms with E-state index in [1.165, 1.54) is 12.1 Å². The summed E-state index contributed by atoms with van der Waals surface area (Å²) in [7, 11) is -1.72. The lowest BCUT2D eigenvalue weighted by molar-refractivity contribution is 0.627. The minimum atomic E-state index is -2.44. The highest BCUT2D eigenvalue weighted by atomic mass is 28.3. The molecular formula is C18H24FNSi. The molecule has 21 heavy (non-hydrogen) atoms. The molecule has 0 unspecified atom stereocenters. The van der Waals surface area contributed by atoms with E-state index in [0.29, 0.717) is 11.3 Å². The molecular weight excluding hydrogens is 277 g/mol. The Morgan fingerprint density at radius 3 is 2.52 bits per heavy atom. The molecule has 0 radical (unpaired) electrons. The van der Waals surface area contributed by atoms with Crippen molar-refractivity contribution < 1.29 is 9.87 Å². The number of aromatic nitrogens is 1. The van der Waals surface area contributed by atoms with E-state index < -0.39 is 26.6 Å². The molecule has 0 saturated heterocycles. The standard InChI is InChI=1S/C18H24FNSi/c1-12(2)16-10-17(20-11-18(16)21(4,5)6)15-8-7-14(19)9-13(15)3/h7-12H,1-6H3/i3D3,12D. The molecule has 0 saturated carbocycles. The lowest BCUT2D eigenvalue weighted by Gasteiger charge is -2.23. The van der Waals surface area contributed by atoms with Crippen molar-refractivity contribution in [3.8, 4) is 11.3 Å². The zero-order valence-corrected chi connectivity index (χ0v) is 14.2. The maximum absolute atomic E-state index is 13.6. The fourth-order valence-electron chi connectivity index (χ4n) is 2.35. The van der Waals surface area contributed by atoms with Gasteiger partial charge in [0.1, 0.15) is 5.82 Å². The van der Waals surface area contributed by atoms with Crippen LogP contribution >= 0.6 is 0 Å². The Hall–Kier alpha value is -1.48. The minimum Gasteiger partial charge on any atom is -0.256 e. The fraction of sp³-hybridized carbons (Fsp3) is 0.389. The van der Waals surface area contributed by atoms with Crippen LogP contribution in [0.3, 0.4) is 0 Å². The normalized spacial score (nSPS) is 15.9. The maximum Gasteiger partial charge on any atom is 0.123 e. The zero-order chi connectivity index (χ0) is 19.2. The van der Waals surface area contributed by atoms with Gasteiger partial charge < -0.3 is 0 Å². The fourth-order valence-corrected chi connectivity index (χ4v) is 3.94. The van der Waals surface area contributed by atoms with Gasteiger partial charge in [0.25, 0.3) is 0 Å². The number of aryl methyl sites for hydroxylation is 1. The predicted octanol–water partition coefficient (Wildman–Crippen LogP) is 4.86. The number of hydrogen-bond acceptors (Lipinski definition) is 1. The second-order valence-electron chi connectivity index (χ2n) is 6.56. The van der Waals surface area contributed by atoms with Crippen molar-refractivity contribution in [1.29, 1.82) is 0 Å². The summed E-state index contributed by atoms with van der Waals surface area (Å²) in [5.74, 6) is -1.43. The van der Waals surface area contributed by atoms with Gasteiger partial charge in [-0.05, 0) is 53.3 Å². The Balaban J connectivity index is 2.75. The van der Waals surface area contributed by atoms with Gasteiger partial charge >= 0.3 is 0 Å². The summed E-state index contributed by atoms with van der Waals surface area (Å²) in [6, 6.07) is 5.53. The van der Waals surface area contributed by atoms with E-state index in [1.807, 2.05) is 13.8 Å². The summed E-state index contributed by atoms with van der Waals surface area (Å²) in [6.45, 7) is 7.74. The summed E-state index contributed by atoms with van der Waals surface area (Å²) in [6.07, 6.45) is 1.76. The van der Waals surface area contributed by atoms with E-state index in [1.54, 1.807) is 12.3 Å². The van der Waals surface area contributed by atoms with Crippen LogP contribution in [0.25, 0.3) is 11.3 Å². The third-order valence-corrected chi connectivity index (χ3v) is 5.52. The van der Waals surface area contributed by atoms with Gasteiger partial charge in [-0.25, -0.2) is 4.39 Å². The summed E-state index contributed by atoms with van der Waals surface area (Å²) in [5.41, 5.74) is 1.63. The summed E-state index contributed by atoms with van der Waals surface area (Å²) >= 11 is 0. The van der Waals surface area contributed by atoms with Crippen molar-refractivity contribution in [2.24, 2.45) is 0 Å². The van der Waals surface area contributed by atoms with E-state index in [2.05, 4.69) is 24.6 Å². The predicted molar refractivity (Wildman–Crippen MR) is 91.4 cm³/mol. The number of benzene rings is 1. The molecule has 1 aromatic carbocycles. The summed E-state index contributed by atoms with van der Waals surface area (Å²) < 4.78 is 45.1. The van der Waals surface area contributed by atoms with Crippen LogP contribution < -0.4 is 5.19 Å². The van der Waals surface area contributed by atoms with Crippen molar-refractivity contribution in [3.63, 3.8) is 0 Å². The van der Waals surface area contributed by atoms with Crippen LogP contribution in [-0.2, 0) is 0 Å². The van der Waals surface area contributed by atoms with Gasteiger partial charge in [0.2, 0.25) is 0 Å². The molecule has 0 aliphatic rings. The molecule has 0 N–H and O–H groups in total. The van der Waals surface area contributed by atoms with Crippen LogP contribution in [0.2, 0.25) is 19.6 Å². The first-order chi connectivity index (χ1) is 11.2. The first-order valence-corrected chi connectivity index (χ1v) is 10.5. The largest absolute Gasteiger partial charge is 0.256 e. The molecule has 1 heterocycles. The SMILES string of the molecule is [2H]C([2H])([2H])c1cc(F)ccc1-c1cc(C([2H])(C)C)c([Si](C)(C)C)cn1. The van der Waals surface area contributed by atoms with Gasteiger partial charge in [0.15, 0.2) is 0 Å². The van der Waals surface area contributed by atoms with E-state index in [0.717, 1.165) is 16.8 Å². The number of halogens is 1. The Morgan fingerprint density at radius 1 is 1.24 bits per heavy atom. The van der Waals surface area contributed by atoms with Crippen molar-refractivity contribution >= 4 is 13.3 Å². The maximum atomic E-state index is 13.6. The zero-order valence-electron chi connectivity index (χ0n) is 17.2. The van der Waals surface area contributed by atoms with Crippen LogP contribution in [0.5, 0.6) is 0 Å². The quantitative estimate of drug-likeness (QED) is 0.738. The molecule has 3 heteroatoms. The topological polar surface area (TPSA) is 12.9 Å². The van der Waals surface area contributed by atoms with Crippen LogP contribution in [0.15, 0.2) is 30.5 Å². The molecule has 0 spiro atoms. The average Bonchev–Trinajstić information content (AvgIpc) is 2.44. The molecule has 2 aromatic rings. The van der Waals surface area contributed by atoms with E-state index in [9.17, 15) is 4.39 Å². The Labute approximate surface area is 133 Å². The summed E-state index contributed by atoms with van der Waals surface area (Å²) in [4.78, 5) is 4.47. The monoisotopic (exact) mass is 305 g/mol. The molecule has 0 amide bonds. The molecule has 0 bridgehead atoms. The molecule has 2 rings (SSSR count). The second-order valence-corrected chi connectivity index (χ2v) is 11.6. The molecule has 112 valence electrons. The third kappa shape index (κ3) is 3.41. The van der Waals surface area contributed by atoms with Gasteiger partial charge in [0.05, 0.1) is 13.8 Å². The van der Waals surface area contributed by atoms with E-state index in [4.69, 9.17) is 5.48 Å². The lowest BCUT2D eigenvalue weighted by atomic mass is 9.99. The molecule has 0 fully saturated rings. The van der Waals surface area contributed by atoms with Crippen molar-refractivity contribution in [1.82, 2.24) is 4.98 Å². The highest BCUT2D eigenvalue weighted by Crippen LogP contribution is 2.25. The van der Waals surface area contributed by atoms with E-state index >= 15 is 0 Å². The third-order valence-electron chi connectivity index (χ3n) is 3.51. The molecule has 0 aliphatic heterocycles. The molecule has 0 atom stereocenters. The number of hydrogen-bond donors (Lipinski definition) is 0. The van der Waals surface area contributed by atoms with Crippen LogP contribution in [0.4, 0.5) is 4.39 Å². The summed E-state index contributed by atoms with van der Waals surface area (Å²) in [5, 5.41) is 1.08. The van der Waals surface area contributed by atoms with Crippen molar-refractivity contribution in [3.05, 3.63) is 47.4 Å². The number of pyridine rings is 1. The number of nitrogens with zero attached hydrogens (tertiary/aromatic N) is 1. The van der Waals surface area contributed by atoms with Crippen molar-refractivity contribution in [2.45, 2.75) is 46.2 Å². The molecule has 1 aromatic heterocycles. The van der Waals surface area contributed by atoms with E-state index in [-0.39, 0.29) is 5.56 Å². The highest BCUT2D eigenvalue weighted by Gasteiger charge is 2.22. The highest BCUT2D eigenvalue weighted by molar-refractivity contribution is 6.89. The molecule has 0 aliphatic carbocycles. The first-order valence-electron chi connectivity index (χ1n) is 9.02. The van der Waals surface area contributed by atoms with Gasteiger partial charge in [-0.1, -0.05) is 33.5 Å². The van der Waals surface area contributed by atoms with Gasteiger partial charge in [-0.3, -0.25) is 4.98 Å². The Kier molecular flexibility index (Phi) is 3.03. The second kappa shape index (κ2) is 5.72. The van der Waals surface area contributed by atoms with Crippen LogP contribution in [-0.4, -0.2) is 13.1 Å². The average molecular weight is 306 g/mol. The van der Waals surface area contributed by atoms with Crippen molar-refractivity contribution in [2.75, 3.05) is 0 Å². The Bertz CT molecular complexity index is 789. The van der Waals surface area contributed by atoms with Crippen LogP contribution in [0.1, 0.15) is 36.4 Å².